The summed E-state index contributed by atoms with van der Waals surface area (Å²) < 4.78 is 13.5. The van der Waals surface area contributed by atoms with Gasteiger partial charge in [0.15, 0.2) is 23.0 Å². The molecule has 0 aromatic heterocycles. The fraction of sp³-hybridized carbons (Fsp3) is 0.357. The Bertz CT molecular complexity index is 2580. The Balaban J connectivity index is 1.11. The predicted molar refractivity (Wildman–Crippen MR) is 248 cm³/mol. The number of anilines is 6. The SMILES string of the molecule is Cc1ccc2c(c1)Oc1cc(C(C)(C)C)ccc1N2c1ccc2c(c1)[C@]13CC(C)C[C@]1(CC(C)C3)c1cc(N3c4ccc(C)cc4Oc4cc(C(C)(C)C)ccc43)ccc1-2. The lowest BCUT2D eigenvalue weighted by Gasteiger charge is -2.48. The highest BCUT2D eigenvalue weighted by Crippen LogP contribution is 2.72. The van der Waals surface area contributed by atoms with Crippen molar-refractivity contribution in [2.24, 2.45) is 11.8 Å². The van der Waals surface area contributed by atoms with Crippen LogP contribution in [-0.2, 0) is 21.7 Å². The lowest BCUT2D eigenvalue weighted by atomic mass is 9.55. The van der Waals surface area contributed by atoms with Crippen molar-refractivity contribution in [3.8, 4) is 34.1 Å². The first-order valence-corrected chi connectivity index (χ1v) is 22.3. The first-order valence-electron chi connectivity index (χ1n) is 22.3. The minimum absolute atomic E-state index is 0.0133. The van der Waals surface area contributed by atoms with Crippen LogP contribution in [0.15, 0.2) is 109 Å². The molecule has 0 saturated heterocycles. The Kier molecular flexibility index (Phi) is 7.84. The normalized spacial score (nSPS) is 23.2. The molecule has 2 fully saturated rings. The van der Waals surface area contributed by atoms with Crippen LogP contribution in [0.2, 0.25) is 0 Å². The molecule has 4 nitrogen and oxygen atoms in total. The second kappa shape index (κ2) is 12.5. The van der Waals surface area contributed by atoms with Gasteiger partial charge in [-0.3, -0.25) is 0 Å². The first-order chi connectivity index (χ1) is 28.5. The van der Waals surface area contributed by atoms with Crippen LogP contribution in [0.25, 0.3) is 11.1 Å². The molecule has 5 aliphatic rings. The smallest absolute Gasteiger partial charge is 0.151 e. The standard InChI is InChI=1S/C56H58N2O2/c1-33-11-19-45-49(23-33)59-51-25-37(53(5,6)7)13-21-47(51)57(45)39-15-17-41-42-18-16-40(28-44(42)56-31-35(3)29-55(56,43(41)27-39)30-36(4)32-56)58-46-20-12-34(2)24-50(46)60-52-26-38(54(8,9)10)14-22-48(52)58/h11-28,35-36H,29-32H2,1-10H3/t35?,36?,55-,56+. The van der Waals surface area contributed by atoms with E-state index in [-0.39, 0.29) is 21.7 Å². The summed E-state index contributed by atoms with van der Waals surface area (Å²) in [5.74, 6) is 4.91. The third kappa shape index (κ3) is 5.34. The van der Waals surface area contributed by atoms with Gasteiger partial charge in [0.1, 0.15) is 0 Å². The highest BCUT2D eigenvalue weighted by molar-refractivity contribution is 5.92. The van der Waals surface area contributed by atoms with E-state index in [2.05, 4.69) is 188 Å². The zero-order valence-electron chi connectivity index (χ0n) is 37.1. The van der Waals surface area contributed by atoms with Gasteiger partial charge in [-0.15, -0.1) is 0 Å². The van der Waals surface area contributed by atoms with Crippen LogP contribution in [0.5, 0.6) is 23.0 Å². The molecule has 4 heteroatoms. The number of ether oxygens (including phenoxy) is 2. The third-order valence-corrected chi connectivity index (χ3v) is 14.8. The molecule has 0 amide bonds. The van der Waals surface area contributed by atoms with Gasteiger partial charge >= 0.3 is 0 Å². The van der Waals surface area contributed by atoms with Crippen molar-refractivity contribution >= 4 is 34.1 Å². The van der Waals surface area contributed by atoms with Gasteiger partial charge in [0.05, 0.1) is 22.7 Å². The number of benzene rings is 6. The summed E-state index contributed by atoms with van der Waals surface area (Å²) in [5.41, 5.74) is 17.7. The highest BCUT2D eigenvalue weighted by Gasteiger charge is 2.65. The summed E-state index contributed by atoms with van der Waals surface area (Å²) in [6.07, 6.45) is 4.83. The van der Waals surface area contributed by atoms with Crippen molar-refractivity contribution < 1.29 is 9.47 Å². The second-order valence-electron chi connectivity index (χ2n) is 21.3. The Labute approximate surface area is 357 Å². The quantitative estimate of drug-likeness (QED) is 0.174. The zero-order valence-corrected chi connectivity index (χ0v) is 37.1. The van der Waals surface area contributed by atoms with E-state index in [1.54, 1.807) is 0 Å². The second-order valence-corrected chi connectivity index (χ2v) is 21.3. The van der Waals surface area contributed by atoms with Crippen molar-refractivity contribution in [1.29, 1.82) is 0 Å². The molecule has 6 aromatic carbocycles. The highest BCUT2D eigenvalue weighted by atomic mass is 16.5. The largest absolute Gasteiger partial charge is 0.453 e. The summed E-state index contributed by atoms with van der Waals surface area (Å²) in [6, 6.07) is 41.8. The Morgan fingerprint density at radius 3 is 1.17 bits per heavy atom. The number of aryl methyl sites for hydroxylation is 2. The Morgan fingerprint density at radius 1 is 0.450 bits per heavy atom. The van der Waals surface area contributed by atoms with Crippen molar-refractivity contribution in [3.63, 3.8) is 0 Å². The van der Waals surface area contributed by atoms with Gasteiger partial charge in [-0.1, -0.05) is 91.8 Å². The molecule has 2 heterocycles. The predicted octanol–water partition coefficient (Wildman–Crippen LogP) is 16.1. The van der Waals surface area contributed by atoms with Crippen LogP contribution in [0.3, 0.4) is 0 Å². The molecule has 3 aliphatic carbocycles. The first kappa shape index (κ1) is 37.5. The van der Waals surface area contributed by atoms with Crippen LogP contribution >= 0.6 is 0 Å². The average Bonchev–Trinajstić information content (AvgIpc) is 3.65. The van der Waals surface area contributed by atoms with Crippen molar-refractivity contribution in [2.45, 2.75) is 117 Å². The lowest BCUT2D eigenvalue weighted by Crippen LogP contribution is -2.43. The zero-order chi connectivity index (χ0) is 41.7. The molecule has 0 spiro atoms. The molecule has 6 aromatic rings. The summed E-state index contributed by atoms with van der Waals surface area (Å²) in [6.45, 7) is 23.0. The van der Waals surface area contributed by atoms with Crippen molar-refractivity contribution in [3.05, 3.63) is 143 Å². The molecule has 2 saturated carbocycles. The van der Waals surface area contributed by atoms with E-state index in [1.807, 2.05) is 0 Å². The number of hydrogen-bond donors (Lipinski definition) is 0. The lowest BCUT2D eigenvalue weighted by molar-refractivity contribution is 0.299. The van der Waals surface area contributed by atoms with Crippen LogP contribution < -0.4 is 19.3 Å². The van der Waals surface area contributed by atoms with E-state index in [4.69, 9.17) is 9.47 Å². The van der Waals surface area contributed by atoms with E-state index < -0.39 is 0 Å². The molecule has 11 rings (SSSR count). The van der Waals surface area contributed by atoms with E-state index in [0.29, 0.717) is 11.8 Å². The van der Waals surface area contributed by atoms with Gasteiger partial charge in [-0.25, -0.2) is 0 Å². The topological polar surface area (TPSA) is 24.9 Å². The summed E-state index contributed by atoms with van der Waals surface area (Å²) in [5, 5.41) is 0. The third-order valence-electron chi connectivity index (χ3n) is 14.8. The molecular formula is C56H58N2O2. The van der Waals surface area contributed by atoms with Crippen LogP contribution in [0.1, 0.15) is 114 Å². The number of hydrogen-bond acceptors (Lipinski definition) is 4. The maximum Gasteiger partial charge on any atom is 0.151 e. The van der Waals surface area contributed by atoms with Crippen molar-refractivity contribution in [1.82, 2.24) is 0 Å². The summed E-state index contributed by atoms with van der Waals surface area (Å²) >= 11 is 0. The number of rotatable bonds is 2. The van der Waals surface area contributed by atoms with E-state index in [0.717, 1.165) is 45.7 Å². The molecule has 0 N–H and O–H groups in total. The Morgan fingerprint density at radius 2 is 0.800 bits per heavy atom. The number of fused-ring (bicyclic) bond motifs is 7. The maximum atomic E-state index is 6.75. The molecule has 0 unspecified atom stereocenters. The van der Waals surface area contributed by atoms with Crippen LogP contribution in [-0.4, -0.2) is 0 Å². The van der Waals surface area contributed by atoms with Gasteiger partial charge in [-0.2, -0.15) is 0 Å². The molecular weight excluding hydrogens is 733 g/mol. The fourth-order valence-corrected chi connectivity index (χ4v) is 12.4. The van der Waals surface area contributed by atoms with Gasteiger partial charge in [0.2, 0.25) is 0 Å². The minimum Gasteiger partial charge on any atom is -0.453 e. The van der Waals surface area contributed by atoms with E-state index in [1.165, 1.54) is 81.6 Å². The summed E-state index contributed by atoms with van der Waals surface area (Å²) in [7, 11) is 0. The van der Waals surface area contributed by atoms with Gasteiger partial charge in [0, 0.05) is 22.2 Å². The van der Waals surface area contributed by atoms with Gasteiger partial charge < -0.3 is 19.3 Å². The molecule has 2 aliphatic heterocycles. The number of nitrogens with zero attached hydrogens (tertiary/aromatic N) is 2. The molecule has 0 atom stereocenters. The van der Waals surface area contributed by atoms with E-state index in [9.17, 15) is 0 Å². The monoisotopic (exact) mass is 790 g/mol. The molecule has 304 valence electrons. The maximum absolute atomic E-state index is 6.75. The van der Waals surface area contributed by atoms with Gasteiger partial charge in [-0.05, 0) is 180 Å². The van der Waals surface area contributed by atoms with Crippen LogP contribution in [0, 0.1) is 25.7 Å². The van der Waals surface area contributed by atoms with Crippen molar-refractivity contribution in [2.75, 3.05) is 9.80 Å². The van der Waals surface area contributed by atoms with Crippen LogP contribution in [0.4, 0.5) is 34.1 Å². The molecule has 60 heavy (non-hydrogen) atoms. The van der Waals surface area contributed by atoms with Gasteiger partial charge in [0.25, 0.3) is 0 Å². The minimum atomic E-state index is 0.0133. The summed E-state index contributed by atoms with van der Waals surface area (Å²) in [4.78, 5) is 4.93. The Hall–Kier alpha value is -5.48. The molecule has 0 bridgehead atoms. The van der Waals surface area contributed by atoms with E-state index >= 15 is 0 Å². The average molecular weight is 791 g/mol. The fourth-order valence-electron chi connectivity index (χ4n) is 12.4. The molecule has 0 radical (unpaired) electrons.